The molecule has 6 nitrogen and oxygen atoms in total. The van der Waals surface area contributed by atoms with Gasteiger partial charge >= 0.3 is 5.97 Å². The molecule has 0 atom stereocenters. The second kappa shape index (κ2) is 6.09. The minimum Gasteiger partial charge on any atom is -0.464 e. The van der Waals surface area contributed by atoms with Crippen molar-refractivity contribution in [3.63, 3.8) is 0 Å². The zero-order chi connectivity index (χ0) is 12.8. The van der Waals surface area contributed by atoms with Gasteiger partial charge in [0, 0.05) is 16.7 Å². The summed E-state index contributed by atoms with van der Waals surface area (Å²) in [6, 6.07) is 1.64. The van der Waals surface area contributed by atoms with E-state index in [0.29, 0.717) is 10.5 Å². The van der Waals surface area contributed by atoms with Crippen molar-refractivity contribution in [2.75, 3.05) is 12.9 Å². The van der Waals surface area contributed by atoms with Gasteiger partial charge < -0.3 is 15.7 Å². The van der Waals surface area contributed by atoms with Crippen LogP contribution >= 0.6 is 11.8 Å². The fourth-order valence-corrected chi connectivity index (χ4v) is 1.95. The summed E-state index contributed by atoms with van der Waals surface area (Å²) >= 11 is 1.43. The monoisotopic (exact) mass is 255 g/mol. The first-order chi connectivity index (χ1) is 8.13. The lowest BCUT2D eigenvalue weighted by Gasteiger charge is -2.07. The predicted molar refractivity (Wildman–Crippen MR) is 64.5 cm³/mol. The molecule has 1 rings (SSSR count). The molecule has 1 aromatic rings. The molecule has 0 amide bonds. The Balaban J connectivity index is 3.21. The van der Waals surface area contributed by atoms with Crippen LogP contribution in [0.25, 0.3) is 0 Å². The molecule has 0 aromatic carbocycles. The van der Waals surface area contributed by atoms with E-state index in [4.69, 9.17) is 10.9 Å². The molecule has 0 saturated carbocycles. The Morgan fingerprint density at radius 1 is 1.71 bits per heavy atom. The summed E-state index contributed by atoms with van der Waals surface area (Å²) in [7, 11) is 1.29. The zero-order valence-electron chi connectivity index (χ0n) is 9.51. The number of nitrogens with two attached hydrogens (primary N) is 1. The molecule has 0 aliphatic heterocycles. The van der Waals surface area contributed by atoms with Crippen LogP contribution in [-0.2, 0) is 4.74 Å². The molecule has 3 N–H and O–H groups in total. The fourth-order valence-electron chi connectivity index (χ4n) is 1.16. The first-order valence-electron chi connectivity index (χ1n) is 4.83. The largest absolute Gasteiger partial charge is 0.464 e. The molecule has 7 heteroatoms. The van der Waals surface area contributed by atoms with Crippen LogP contribution in [0.5, 0.6) is 0 Å². The highest BCUT2D eigenvalue weighted by molar-refractivity contribution is 7.99. The molecule has 0 unspecified atom stereocenters. The molecule has 0 fully saturated rings. The van der Waals surface area contributed by atoms with Crippen LogP contribution in [-0.4, -0.2) is 34.9 Å². The summed E-state index contributed by atoms with van der Waals surface area (Å²) < 4.78 is 4.62. The molecule has 0 saturated heterocycles. The molecule has 0 bridgehead atoms. The van der Waals surface area contributed by atoms with E-state index in [-0.39, 0.29) is 11.5 Å². The lowest BCUT2D eigenvalue weighted by atomic mass is 10.2. The van der Waals surface area contributed by atoms with Gasteiger partial charge in [-0.2, -0.15) is 0 Å². The van der Waals surface area contributed by atoms with E-state index in [0.717, 1.165) is 5.75 Å². The average Bonchev–Trinajstić information content (AvgIpc) is 2.37. The summed E-state index contributed by atoms with van der Waals surface area (Å²) in [5, 5.41) is 11.5. The first-order valence-corrected chi connectivity index (χ1v) is 5.81. The van der Waals surface area contributed by atoms with Crippen LogP contribution in [0.15, 0.2) is 22.3 Å². The van der Waals surface area contributed by atoms with Gasteiger partial charge in [-0.05, 0) is 11.8 Å². The Morgan fingerprint density at radius 2 is 2.41 bits per heavy atom. The normalized spacial score (nSPS) is 11.3. The Kier molecular flexibility index (Phi) is 4.77. The van der Waals surface area contributed by atoms with Gasteiger partial charge in [0.05, 0.1) is 7.11 Å². The number of thioether (sulfide) groups is 1. The Labute approximate surface area is 103 Å². The third-order valence-electron chi connectivity index (χ3n) is 1.93. The molecule has 0 aliphatic carbocycles. The number of amidine groups is 1. The van der Waals surface area contributed by atoms with Crippen LogP contribution in [0.2, 0.25) is 0 Å². The van der Waals surface area contributed by atoms with Crippen LogP contribution < -0.4 is 5.73 Å². The van der Waals surface area contributed by atoms with E-state index in [1.54, 1.807) is 6.07 Å². The number of esters is 1. The lowest BCUT2D eigenvalue weighted by molar-refractivity contribution is 0.0589. The summed E-state index contributed by atoms with van der Waals surface area (Å²) in [6.07, 6.45) is 1.36. The van der Waals surface area contributed by atoms with Gasteiger partial charge in [-0.1, -0.05) is 12.1 Å². The van der Waals surface area contributed by atoms with Crippen LogP contribution in [0, 0.1) is 0 Å². The molecule has 17 heavy (non-hydrogen) atoms. The number of ether oxygens (including phenoxy) is 1. The molecule has 1 aromatic heterocycles. The van der Waals surface area contributed by atoms with Gasteiger partial charge in [-0.3, -0.25) is 0 Å². The number of methoxy groups -OCH3 is 1. The quantitative estimate of drug-likeness (QED) is 0.208. The summed E-state index contributed by atoms with van der Waals surface area (Å²) in [6.45, 7) is 1.95. The topological polar surface area (TPSA) is 97.8 Å². The predicted octanol–water partition coefficient (Wildman–Crippen LogP) is 1.07. The molecule has 92 valence electrons. The second-order valence-electron chi connectivity index (χ2n) is 2.98. The summed E-state index contributed by atoms with van der Waals surface area (Å²) in [4.78, 5) is 16.1. The average molecular weight is 255 g/mol. The zero-order valence-corrected chi connectivity index (χ0v) is 10.3. The van der Waals surface area contributed by atoms with Crippen molar-refractivity contribution in [3.8, 4) is 0 Å². The van der Waals surface area contributed by atoms with E-state index < -0.39 is 5.97 Å². The minimum atomic E-state index is -0.507. The number of carbonyl (C=O) groups is 1. The summed E-state index contributed by atoms with van der Waals surface area (Å²) in [5.74, 6) is 0.213. The maximum atomic E-state index is 11.5. The van der Waals surface area contributed by atoms with Gasteiger partial charge in [0.2, 0.25) is 0 Å². The molecular weight excluding hydrogens is 242 g/mol. The second-order valence-corrected chi connectivity index (χ2v) is 4.29. The van der Waals surface area contributed by atoms with Gasteiger partial charge in [0.25, 0.3) is 0 Å². The van der Waals surface area contributed by atoms with Crippen molar-refractivity contribution >= 4 is 23.6 Å². The highest BCUT2D eigenvalue weighted by Crippen LogP contribution is 2.22. The number of hydrogen-bond donors (Lipinski definition) is 2. The third kappa shape index (κ3) is 3.10. The van der Waals surface area contributed by atoms with Crippen molar-refractivity contribution in [3.05, 3.63) is 23.5 Å². The summed E-state index contributed by atoms with van der Waals surface area (Å²) in [5.41, 5.74) is 6.14. The molecular formula is C10H13N3O3S. The van der Waals surface area contributed by atoms with Crippen LogP contribution in [0.1, 0.15) is 23.0 Å². The number of nitrogens with zero attached hydrogens (tertiary/aromatic N) is 2. The molecule has 1 heterocycles. The number of rotatable bonds is 4. The van der Waals surface area contributed by atoms with E-state index in [9.17, 15) is 4.79 Å². The first kappa shape index (κ1) is 13.3. The van der Waals surface area contributed by atoms with Gasteiger partial charge in [-0.15, -0.1) is 11.8 Å². The van der Waals surface area contributed by atoms with E-state index in [1.165, 1.54) is 25.1 Å². The Bertz CT molecular complexity index is 448. The minimum absolute atomic E-state index is 0.0492. The lowest BCUT2D eigenvalue weighted by Crippen LogP contribution is -2.15. The third-order valence-corrected chi connectivity index (χ3v) is 2.85. The molecule has 0 aliphatic rings. The van der Waals surface area contributed by atoms with E-state index >= 15 is 0 Å². The highest BCUT2D eigenvalue weighted by atomic mass is 32.2. The van der Waals surface area contributed by atoms with Gasteiger partial charge in [0.15, 0.2) is 11.5 Å². The number of pyridine rings is 1. The number of oxime groups is 1. The SMILES string of the molecule is CCSc1cc(/C(N)=N\O)cnc1C(=O)OC. The van der Waals surface area contributed by atoms with Crippen molar-refractivity contribution in [1.29, 1.82) is 0 Å². The standard InChI is InChI=1S/C10H13N3O3S/c1-3-17-7-4-6(9(11)13-15)5-12-8(7)10(14)16-2/h4-5,15H,3H2,1-2H3,(H2,11,13). The van der Waals surface area contributed by atoms with Crippen molar-refractivity contribution in [2.24, 2.45) is 10.9 Å². The number of hydrogen-bond acceptors (Lipinski definition) is 6. The molecule has 0 spiro atoms. The fraction of sp³-hybridized carbons (Fsp3) is 0.300. The van der Waals surface area contributed by atoms with Crippen molar-refractivity contribution in [1.82, 2.24) is 4.98 Å². The number of aromatic nitrogens is 1. The Hall–Kier alpha value is -1.76. The van der Waals surface area contributed by atoms with Crippen molar-refractivity contribution < 1.29 is 14.7 Å². The van der Waals surface area contributed by atoms with E-state index in [1.807, 2.05) is 6.92 Å². The van der Waals surface area contributed by atoms with Crippen molar-refractivity contribution in [2.45, 2.75) is 11.8 Å². The molecule has 0 radical (unpaired) electrons. The van der Waals surface area contributed by atoms with Gasteiger partial charge in [-0.25, -0.2) is 9.78 Å². The van der Waals surface area contributed by atoms with E-state index in [2.05, 4.69) is 14.9 Å². The Morgan fingerprint density at radius 3 is 2.94 bits per heavy atom. The number of carbonyl (C=O) groups excluding carboxylic acids is 1. The van der Waals surface area contributed by atoms with Crippen LogP contribution in [0.4, 0.5) is 0 Å². The highest BCUT2D eigenvalue weighted by Gasteiger charge is 2.15. The smallest absolute Gasteiger partial charge is 0.357 e. The van der Waals surface area contributed by atoms with Gasteiger partial charge in [0.1, 0.15) is 0 Å². The maximum absolute atomic E-state index is 11.5. The van der Waals surface area contributed by atoms with Crippen LogP contribution in [0.3, 0.4) is 0 Å². The maximum Gasteiger partial charge on any atom is 0.357 e.